The highest BCUT2D eigenvalue weighted by Gasteiger charge is 2.22. The van der Waals surface area contributed by atoms with Crippen LogP contribution in [0.15, 0.2) is 41.2 Å². The lowest BCUT2D eigenvalue weighted by molar-refractivity contribution is 0.0792. The van der Waals surface area contributed by atoms with Gasteiger partial charge in [-0.15, -0.1) is 0 Å². The van der Waals surface area contributed by atoms with Crippen molar-refractivity contribution in [3.05, 3.63) is 71.0 Å². The summed E-state index contributed by atoms with van der Waals surface area (Å²) >= 11 is 0. The van der Waals surface area contributed by atoms with Gasteiger partial charge in [0, 0.05) is 44.5 Å². The monoisotopic (exact) mass is 450 g/mol. The molecule has 0 atom stereocenters. The van der Waals surface area contributed by atoms with Crippen molar-refractivity contribution in [3.8, 4) is 5.75 Å². The lowest BCUT2D eigenvalue weighted by Crippen LogP contribution is -2.24. The Labute approximate surface area is 193 Å². The van der Waals surface area contributed by atoms with Crippen LogP contribution < -0.4 is 10.1 Å². The SMILES string of the molecule is CCc1ccc(OCCc2nc(C3CCOCC3)oc2C)cc1CNC(=O)c1cnccn1. The Morgan fingerprint density at radius 2 is 2.06 bits per heavy atom. The van der Waals surface area contributed by atoms with Crippen molar-refractivity contribution in [1.82, 2.24) is 20.3 Å². The number of aromatic nitrogens is 3. The number of nitrogens with zero attached hydrogens (tertiary/aromatic N) is 3. The maximum atomic E-state index is 12.3. The molecule has 0 saturated carbocycles. The maximum absolute atomic E-state index is 12.3. The van der Waals surface area contributed by atoms with E-state index >= 15 is 0 Å². The fourth-order valence-electron chi connectivity index (χ4n) is 3.95. The van der Waals surface area contributed by atoms with Crippen LogP contribution in [0, 0.1) is 6.92 Å². The highest BCUT2D eigenvalue weighted by molar-refractivity contribution is 5.91. The van der Waals surface area contributed by atoms with Gasteiger partial charge < -0.3 is 19.2 Å². The Balaban J connectivity index is 1.34. The van der Waals surface area contributed by atoms with E-state index in [1.54, 1.807) is 6.20 Å². The molecule has 1 aliphatic rings. The number of oxazole rings is 1. The van der Waals surface area contributed by atoms with Crippen LogP contribution in [0.25, 0.3) is 0 Å². The van der Waals surface area contributed by atoms with Crippen molar-refractivity contribution in [3.63, 3.8) is 0 Å². The van der Waals surface area contributed by atoms with Crippen molar-refractivity contribution < 1.29 is 18.7 Å². The lowest BCUT2D eigenvalue weighted by atomic mass is 10.0. The smallest absolute Gasteiger partial charge is 0.271 e. The van der Waals surface area contributed by atoms with Crippen LogP contribution in [0.5, 0.6) is 5.75 Å². The van der Waals surface area contributed by atoms with E-state index in [1.165, 1.54) is 12.4 Å². The zero-order valence-electron chi connectivity index (χ0n) is 19.2. The van der Waals surface area contributed by atoms with Gasteiger partial charge in [0.2, 0.25) is 0 Å². The average Bonchev–Trinajstić information content (AvgIpc) is 3.24. The summed E-state index contributed by atoms with van der Waals surface area (Å²) in [5, 5.41) is 2.91. The number of aryl methyl sites for hydroxylation is 2. The van der Waals surface area contributed by atoms with E-state index in [0.717, 1.165) is 66.7 Å². The predicted molar refractivity (Wildman–Crippen MR) is 122 cm³/mol. The molecular weight excluding hydrogens is 420 g/mol. The van der Waals surface area contributed by atoms with E-state index in [9.17, 15) is 4.79 Å². The van der Waals surface area contributed by atoms with Crippen molar-refractivity contribution in [2.45, 2.75) is 52.0 Å². The summed E-state index contributed by atoms with van der Waals surface area (Å²) in [6.07, 6.45) is 7.94. The second-order valence-electron chi connectivity index (χ2n) is 8.10. The first kappa shape index (κ1) is 22.9. The zero-order valence-corrected chi connectivity index (χ0v) is 19.2. The van der Waals surface area contributed by atoms with Crippen LogP contribution in [-0.4, -0.2) is 40.7 Å². The van der Waals surface area contributed by atoms with Crippen LogP contribution in [0.4, 0.5) is 0 Å². The number of hydrogen-bond acceptors (Lipinski definition) is 7. The fourth-order valence-corrected chi connectivity index (χ4v) is 3.95. The normalized spacial score (nSPS) is 14.2. The van der Waals surface area contributed by atoms with Gasteiger partial charge in [-0.05, 0) is 49.4 Å². The van der Waals surface area contributed by atoms with Gasteiger partial charge in [-0.2, -0.15) is 0 Å². The topological polar surface area (TPSA) is 99.4 Å². The molecule has 174 valence electrons. The van der Waals surface area contributed by atoms with Gasteiger partial charge in [0.25, 0.3) is 5.91 Å². The highest BCUT2D eigenvalue weighted by atomic mass is 16.5. The number of rotatable bonds is 9. The molecule has 3 aromatic rings. The first-order chi connectivity index (χ1) is 16.1. The average molecular weight is 451 g/mol. The number of carbonyl (C=O) groups is 1. The molecule has 1 amide bonds. The molecule has 33 heavy (non-hydrogen) atoms. The predicted octanol–water partition coefficient (Wildman–Crippen LogP) is 3.78. The molecule has 0 unspecified atom stereocenters. The third-order valence-corrected chi connectivity index (χ3v) is 5.88. The molecule has 8 heteroatoms. The minimum atomic E-state index is -0.252. The maximum Gasteiger partial charge on any atom is 0.271 e. The van der Waals surface area contributed by atoms with Gasteiger partial charge >= 0.3 is 0 Å². The molecule has 8 nitrogen and oxygen atoms in total. The molecule has 1 aromatic carbocycles. The fraction of sp³-hybridized carbons (Fsp3) is 0.440. The second-order valence-corrected chi connectivity index (χ2v) is 8.10. The molecule has 0 spiro atoms. The summed E-state index contributed by atoms with van der Waals surface area (Å²) in [6, 6.07) is 6.00. The number of ether oxygens (including phenoxy) is 2. The first-order valence-electron chi connectivity index (χ1n) is 11.5. The highest BCUT2D eigenvalue weighted by Crippen LogP contribution is 2.28. The Kier molecular flexibility index (Phi) is 7.67. The van der Waals surface area contributed by atoms with E-state index in [1.807, 2.05) is 25.1 Å². The van der Waals surface area contributed by atoms with Gasteiger partial charge in [0.15, 0.2) is 5.89 Å². The Morgan fingerprint density at radius 1 is 1.21 bits per heavy atom. The molecule has 0 radical (unpaired) electrons. The Bertz CT molecular complexity index is 1060. The molecule has 0 bridgehead atoms. The van der Waals surface area contributed by atoms with Crippen LogP contribution in [-0.2, 0) is 24.1 Å². The van der Waals surface area contributed by atoms with Crippen molar-refractivity contribution in [2.75, 3.05) is 19.8 Å². The largest absolute Gasteiger partial charge is 0.493 e. The lowest BCUT2D eigenvalue weighted by Gasteiger charge is -2.18. The van der Waals surface area contributed by atoms with E-state index < -0.39 is 0 Å². The molecule has 3 heterocycles. The van der Waals surface area contributed by atoms with Crippen LogP contribution in [0.3, 0.4) is 0 Å². The van der Waals surface area contributed by atoms with Crippen molar-refractivity contribution in [1.29, 1.82) is 0 Å². The zero-order chi connectivity index (χ0) is 23.0. The molecule has 1 saturated heterocycles. The molecule has 0 aliphatic carbocycles. The molecule has 4 rings (SSSR count). The van der Waals surface area contributed by atoms with Crippen LogP contribution >= 0.6 is 0 Å². The van der Waals surface area contributed by atoms with E-state index in [0.29, 0.717) is 31.2 Å². The summed E-state index contributed by atoms with van der Waals surface area (Å²) in [6.45, 7) is 6.47. The van der Waals surface area contributed by atoms with Crippen molar-refractivity contribution in [2.24, 2.45) is 0 Å². The number of amides is 1. The Hall–Kier alpha value is -3.26. The third-order valence-electron chi connectivity index (χ3n) is 5.88. The minimum Gasteiger partial charge on any atom is -0.493 e. The summed E-state index contributed by atoms with van der Waals surface area (Å²) < 4.78 is 17.4. The summed E-state index contributed by atoms with van der Waals surface area (Å²) in [5.74, 6) is 2.53. The van der Waals surface area contributed by atoms with E-state index in [-0.39, 0.29) is 5.91 Å². The number of hydrogen-bond donors (Lipinski definition) is 1. The van der Waals surface area contributed by atoms with Gasteiger partial charge in [0.1, 0.15) is 17.2 Å². The first-order valence-corrected chi connectivity index (χ1v) is 11.5. The van der Waals surface area contributed by atoms with Crippen molar-refractivity contribution >= 4 is 5.91 Å². The summed E-state index contributed by atoms with van der Waals surface area (Å²) in [5.41, 5.74) is 3.42. The number of benzene rings is 1. The van der Waals surface area contributed by atoms with Gasteiger partial charge in [0.05, 0.1) is 18.5 Å². The molecule has 1 N–H and O–H groups in total. The molecule has 2 aromatic heterocycles. The van der Waals surface area contributed by atoms with Gasteiger partial charge in [-0.1, -0.05) is 13.0 Å². The van der Waals surface area contributed by atoms with E-state index in [4.69, 9.17) is 18.9 Å². The van der Waals surface area contributed by atoms with Crippen LogP contribution in [0.1, 0.15) is 64.6 Å². The number of carbonyl (C=O) groups excluding carboxylic acids is 1. The number of nitrogens with one attached hydrogen (secondary N) is 1. The van der Waals surface area contributed by atoms with E-state index in [2.05, 4.69) is 22.2 Å². The molecule has 1 aliphatic heterocycles. The minimum absolute atomic E-state index is 0.252. The van der Waals surface area contributed by atoms with Gasteiger partial charge in [-0.25, -0.2) is 9.97 Å². The third kappa shape index (κ3) is 5.96. The Morgan fingerprint density at radius 3 is 2.82 bits per heavy atom. The second kappa shape index (κ2) is 11.0. The molecule has 1 fully saturated rings. The quantitative estimate of drug-likeness (QED) is 0.530. The summed E-state index contributed by atoms with van der Waals surface area (Å²) in [7, 11) is 0. The summed E-state index contributed by atoms with van der Waals surface area (Å²) in [4.78, 5) is 25.0. The molecular formula is C25H30N4O4. The standard InChI is InChI=1S/C25H30N4O4/c1-3-18-4-5-21(14-20(18)15-28-24(30)23-16-26-9-10-27-23)32-13-8-22-17(2)33-25(29-22)19-6-11-31-12-7-19/h4-5,9-10,14,16,19H,3,6-8,11-13,15H2,1-2H3,(H,28,30). The van der Waals surface area contributed by atoms with Gasteiger partial charge in [-0.3, -0.25) is 9.78 Å². The van der Waals surface area contributed by atoms with Crippen LogP contribution in [0.2, 0.25) is 0 Å².